The van der Waals surface area contributed by atoms with Gasteiger partial charge in [-0.25, -0.2) is 0 Å². The molecule has 3 aliphatic rings. The Hall–Kier alpha value is -0.540. The maximum Gasteiger partial charge on any atom is 0.228 e. The quantitative estimate of drug-likeness (QED) is 0.853. The molecule has 3 aliphatic carbocycles. The summed E-state index contributed by atoms with van der Waals surface area (Å²) in [6.45, 7) is 0. The Labute approximate surface area is 126 Å². The highest BCUT2D eigenvalue weighted by atomic mass is 79.9. The minimum absolute atomic E-state index is 0.209. The van der Waals surface area contributed by atoms with Gasteiger partial charge in [-0.2, -0.15) is 0 Å². The van der Waals surface area contributed by atoms with Gasteiger partial charge in [-0.3, -0.25) is 4.79 Å². The van der Waals surface area contributed by atoms with Gasteiger partial charge >= 0.3 is 0 Å². The van der Waals surface area contributed by atoms with E-state index in [9.17, 15) is 4.79 Å². The van der Waals surface area contributed by atoms with Crippen LogP contribution in [0.5, 0.6) is 0 Å². The average Bonchev–Trinajstić information content (AvgIpc) is 2.83. The van der Waals surface area contributed by atoms with Crippen LogP contribution < -0.4 is 5.32 Å². The molecule has 4 unspecified atom stereocenters. The number of carbonyl (C=O) groups is 1. The minimum Gasteiger partial charge on any atom is -0.326 e. The predicted molar refractivity (Wildman–Crippen MR) is 79.1 cm³/mol. The molecule has 1 N–H and O–H groups in total. The van der Waals surface area contributed by atoms with E-state index in [0.717, 1.165) is 22.0 Å². The van der Waals surface area contributed by atoms with E-state index in [1.807, 2.05) is 12.1 Å². The first-order chi connectivity index (χ1) is 9.15. The van der Waals surface area contributed by atoms with Crippen LogP contribution in [0, 0.1) is 29.6 Å². The molecule has 0 saturated heterocycles. The van der Waals surface area contributed by atoms with Crippen LogP contribution in [0.15, 0.2) is 22.7 Å². The lowest BCUT2D eigenvalue weighted by molar-refractivity contribution is -0.118. The van der Waals surface area contributed by atoms with Crippen LogP contribution >= 0.6 is 27.5 Å². The van der Waals surface area contributed by atoms with E-state index in [1.54, 1.807) is 6.07 Å². The second kappa shape index (κ2) is 4.23. The first-order valence-corrected chi connectivity index (χ1v) is 8.08. The van der Waals surface area contributed by atoms with Crippen molar-refractivity contribution in [2.45, 2.75) is 19.3 Å². The largest absolute Gasteiger partial charge is 0.326 e. The van der Waals surface area contributed by atoms with Crippen LogP contribution in [-0.4, -0.2) is 5.91 Å². The van der Waals surface area contributed by atoms with Gasteiger partial charge in [-0.05, 0) is 77.1 Å². The van der Waals surface area contributed by atoms with Crippen molar-refractivity contribution in [1.82, 2.24) is 0 Å². The SMILES string of the molecule is O=C(Nc1ccc(Cl)c(Br)c1)C1C2C3CCC(C3)C12. The Morgan fingerprint density at radius 2 is 1.95 bits per heavy atom. The molecule has 3 fully saturated rings. The number of carbonyl (C=O) groups excluding carboxylic acids is 1. The normalized spacial score (nSPS) is 38.1. The summed E-state index contributed by atoms with van der Waals surface area (Å²) in [6, 6.07) is 5.53. The fourth-order valence-electron chi connectivity index (χ4n) is 4.48. The molecule has 4 heteroatoms. The first kappa shape index (κ1) is 12.2. The number of hydrogen-bond acceptors (Lipinski definition) is 1. The Bertz CT molecular complexity index is 545. The van der Waals surface area contributed by atoms with Gasteiger partial charge in [0.1, 0.15) is 0 Å². The molecule has 0 aromatic heterocycles. The standard InChI is InChI=1S/C15H15BrClNO/c16-10-6-9(3-4-11(10)17)18-15(19)14-12-7-1-2-8(5-7)13(12)14/h3-4,6-8,12-14H,1-2,5H2,(H,18,19). The minimum atomic E-state index is 0.209. The third kappa shape index (κ3) is 1.85. The average molecular weight is 341 g/mol. The van der Waals surface area contributed by atoms with Crippen molar-refractivity contribution in [1.29, 1.82) is 0 Å². The molecule has 2 nitrogen and oxygen atoms in total. The van der Waals surface area contributed by atoms with Gasteiger partial charge in [0.05, 0.1) is 5.02 Å². The number of halogens is 2. The number of fused-ring (bicyclic) bond motifs is 5. The Morgan fingerprint density at radius 3 is 2.58 bits per heavy atom. The summed E-state index contributed by atoms with van der Waals surface area (Å²) in [7, 11) is 0. The summed E-state index contributed by atoms with van der Waals surface area (Å²) < 4.78 is 0.822. The van der Waals surface area contributed by atoms with Gasteiger partial charge in [0.15, 0.2) is 0 Å². The molecule has 4 rings (SSSR count). The van der Waals surface area contributed by atoms with Gasteiger partial charge in [0.2, 0.25) is 5.91 Å². The summed E-state index contributed by atoms with van der Waals surface area (Å²) in [5.41, 5.74) is 0.832. The smallest absolute Gasteiger partial charge is 0.228 e. The zero-order chi connectivity index (χ0) is 13.1. The van der Waals surface area contributed by atoms with Crippen LogP contribution in [0.25, 0.3) is 0 Å². The summed E-state index contributed by atoms with van der Waals surface area (Å²) in [5.74, 6) is 3.54. The molecule has 19 heavy (non-hydrogen) atoms. The van der Waals surface area contributed by atoms with Crippen LogP contribution in [0.3, 0.4) is 0 Å². The van der Waals surface area contributed by atoms with Crippen LogP contribution in [0.1, 0.15) is 19.3 Å². The highest BCUT2D eigenvalue weighted by molar-refractivity contribution is 9.10. The van der Waals surface area contributed by atoms with Gasteiger partial charge in [0, 0.05) is 16.1 Å². The molecule has 1 aromatic rings. The number of hydrogen-bond donors (Lipinski definition) is 1. The third-order valence-electron chi connectivity index (χ3n) is 5.23. The number of amides is 1. The van der Waals surface area contributed by atoms with E-state index in [2.05, 4.69) is 21.2 Å². The van der Waals surface area contributed by atoms with Gasteiger partial charge in [-0.15, -0.1) is 0 Å². The zero-order valence-corrected chi connectivity index (χ0v) is 12.7. The Balaban J connectivity index is 1.47. The number of anilines is 1. The van der Waals surface area contributed by atoms with Crippen molar-refractivity contribution >= 4 is 39.1 Å². The number of nitrogens with one attached hydrogen (secondary N) is 1. The molecule has 3 saturated carbocycles. The lowest BCUT2D eigenvalue weighted by Gasteiger charge is -2.10. The van der Waals surface area contributed by atoms with Crippen LogP contribution in [0.4, 0.5) is 5.69 Å². The molecule has 2 bridgehead atoms. The molecule has 1 aromatic carbocycles. The van der Waals surface area contributed by atoms with Crippen molar-refractivity contribution < 1.29 is 4.79 Å². The monoisotopic (exact) mass is 339 g/mol. The fraction of sp³-hybridized carbons (Fsp3) is 0.533. The molecule has 0 radical (unpaired) electrons. The van der Waals surface area contributed by atoms with E-state index in [1.165, 1.54) is 19.3 Å². The molecule has 0 spiro atoms. The summed E-state index contributed by atoms with van der Waals surface area (Å²) in [5, 5.41) is 3.71. The molecule has 4 atom stereocenters. The van der Waals surface area contributed by atoms with Gasteiger partial charge < -0.3 is 5.32 Å². The lowest BCUT2D eigenvalue weighted by Crippen LogP contribution is -2.18. The van der Waals surface area contributed by atoms with E-state index in [-0.39, 0.29) is 11.8 Å². The second-order valence-electron chi connectivity index (χ2n) is 6.13. The first-order valence-electron chi connectivity index (χ1n) is 6.91. The van der Waals surface area contributed by atoms with E-state index in [4.69, 9.17) is 11.6 Å². The summed E-state index contributed by atoms with van der Waals surface area (Å²) >= 11 is 9.34. The van der Waals surface area contributed by atoms with Crippen molar-refractivity contribution in [3.05, 3.63) is 27.7 Å². The van der Waals surface area contributed by atoms with Crippen molar-refractivity contribution in [3.63, 3.8) is 0 Å². The molecular formula is C15H15BrClNO. The van der Waals surface area contributed by atoms with Gasteiger partial charge in [0.25, 0.3) is 0 Å². The molecular weight excluding hydrogens is 326 g/mol. The maximum atomic E-state index is 12.3. The Morgan fingerprint density at radius 1 is 1.26 bits per heavy atom. The van der Waals surface area contributed by atoms with Crippen molar-refractivity contribution in [2.24, 2.45) is 29.6 Å². The second-order valence-corrected chi connectivity index (χ2v) is 7.39. The fourth-order valence-corrected chi connectivity index (χ4v) is 4.97. The highest BCUT2D eigenvalue weighted by Gasteiger charge is 2.67. The lowest BCUT2D eigenvalue weighted by atomic mass is 10.0. The van der Waals surface area contributed by atoms with E-state index < -0.39 is 0 Å². The van der Waals surface area contributed by atoms with Crippen molar-refractivity contribution in [3.8, 4) is 0 Å². The summed E-state index contributed by atoms with van der Waals surface area (Å²) in [6.07, 6.45) is 4.08. The molecule has 100 valence electrons. The summed E-state index contributed by atoms with van der Waals surface area (Å²) in [4.78, 5) is 12.3. The molecule has 0 aliphatic heterocycles. The van der Waals surface area contributed by atoms with E-state index >= 15 is 0 Å². The van der Waals surface area contributed by atoms with Crippen LogP contribution in [-0.2, 0) is 4.79 Å². The Kier molecular flexibility index (Phi) is 2.72. The maximum absolute atomic E-state index is 12.3. The number of benzene rings is 1. The topological polar surface area (TPSA) is 29.1 Å². The van der Waals surface area contributed by atoms with E-state index in [0.29, 0.717) is 16.9 Å². The third-order valence-corrected chi connectivity index (χ3v) is 6.44. The zero-order valence-electron chi connectivity index (χ0n) is 10.4. The predicted octanol–water partition coefficient (Wildman–Crippen LogP) is 4.33. The highest BCUT2D eigenvalue weighted by Crippen LogP contribution is 2.69. The number of rotatable bonds is 2. The molecule has 0 heterocycles. The molecule has 1 amide bonds. The van der Waals surface area contributed by atoms with Crippen molar-refractivity contribution in [2.75, 3.05) is 5.32 Å². The van der Waals surface area contributed by atoms with Gasteiger partial charge in [-0.1, -0.05) is 11.6 Å². The van der Waals surface area contributed by atoms with Crippen LogP contribution in [0.2, 0.25) is 5.02 Å².